The largest absolute Gasteiger partial charge is 0.311 e. The van der Waals surface area contributed by atoms with E-state index < -0.39 is 0 Å². The van der Waals surface area contributed by atoms with Gasteiger partial charge in [0.1, 0.15) is 0 Å². The van der Waals surface area contributed by atoms with Crippen LogP contribution >= 0.6 is 0 Å². The minimum atomic E-state index is 1.11. The van der Waals surface area contributed by atoms with E-state index in [2.05, 4.69) is 241 Å². The van der Waals surface area contributed by atoms with Crippen LogP contribution in [0.5, 0.6) is 0 Å². The summed E-state index contributed by atoms with van der Waals surface area (Å²) < 4.78 is 0. The van der Waals surface area contributed by atoms with Gasteiger partial charge in [-0.15, -0.1) is 0 Å². The van der Waals surface area contributed by atoms with Gasteiger partial charge in [0.2, 0.25) is 0 Å². The Hall–Kier alpha value is -8.26. The highest BCUT2D eigenvalue weighted by Gasteiger charge is 2.22. The van der Waals surface area contributed by atoms with Crippen molar-refractivity contribution < 1.29 is 0 Å². The Balaban J connectivity index is 1.05. The van der Waals surface area contributed by atoms with Gasteiger partial charge in [0.05, 0.1) is 0 Å². The van der Waals surface area contributed by atoms with Crippen molar-refractivity contribution in [1.29, 1.82) is 0 Å². The smallest absolute Gasteiger partial charge is 0.0462 e. The highest BCUT2D eigenvalue weighted by atomic mass is 15.1. The molecule has 1 nitrogen and oxygen atoms in total. The van der Waals surface area contributed by atoms with Crippen molar-refractivity contribution in [3.05, 3.63) is 237 Å². The lowest BCUT2D eigenvalue weighted by Gasteiger charge is -2.26. The fraction of sp³-hybridized carbons (Fsp3) is 0. The van der Waals surface area contributed by atoms with Crippen LogP contribution in [-0.2, 0) is 0 Å². The minimum Gasteiger partial charge on any atom is -0.311 e. The molecule has 13 aromatic carbocycles. The molecule has 0 aliphatic carbocycles. The zero-order valence-corrected chi connectivity index (χ0v) is 34.5. The van der Waals surface area contributed by atoms with Crippen molar-refractivity contribution >= 4 is 92.5 Å². The number of rotatable bonds is 6. The first-order chi connectivity index (χ1) is 31.3. The summed E-state index contributed by atoms with van der Waals surface area (Å²) in [5.41, 5.74) is 10.8. The fourth-order valence-electron chi connectivity index (χ4n) is 10.6. The molecule has 292 valence electrons. The molecule has 0 saturated carbocycles. The standard InChI is InChI=1S/C62H39N/c1-3-16-46(17-4-1)63(47-18-5-2-6-19-47)48-36-32-45(33-37-48)60-55-25-12-11-24-54(55)59(61-52-22-9-7-20-50(52)51-21-8-10-23-53(51)62(60)61)43-28-26-40(27-29-43)49-38-34-44-31-30-41-14-13-15-42-35-39-56(49)58(44)57(41)42/h1-39H. The molecule has 0 unspecified atom stereocenters. The van der Waals surface area contributed by atoms with E-state index in [9.17, 15) is 0 Å². The molecular weight excluding hydrogens is 759 g/mol. The molecule has 0 fully saturated rings. The first kappa shape index (κ1) is 35.5. The third kappa shape index (κ3) is 5.50. The predicted molar refractivity (Wildman–Crippen MR) is 271 cm³/mol. The average molecular weight is 798 g/mol. The number of para-hydroxylation sites is 2. The Labute approximate surface area is 365 Å². The highest BCUT2D eigenvalue weighted by molar-refractivity contribution is 6.36. The van der Waals surface area contributed by atoms with Crippen LogP contribution in [0, 0.1) is 0 Å². The lowest BCUT2D eigenvalue weighted by molar-refractivity contribution is 1.28. The van der Waals surface area contributed by atoms with Crippen molar-refractivity contribution in [2.75, 3.05) is 4.90 Å². The lowest BCUT2D eigenvalue weighted by Crippen LogP contribution is -2.09. The van der Waals surface area contributed by atoms with Gasteiger partial charge in [0.15, 0.2) is 0 Å². The molecule has 0 atom stereocenters. The van der Waals surface area contributed by atoms with Gasteiger partial charge in [0, 0.05) is 17.1 Å². The van der Waals surface area contributed by atoms with Crippen LogP contribution in [0.15, 0.2) is 237 Å². The van der Waals surface area contributed by atoms with Gasteiger partial charge < -0.3 is 4.90 Å². The molecule has 1 heteroatoms. The summed E-state index contributed by atoms with van der Waals surface area (Å²) in [6.07, 6.45) is 0. The molecule has 0 aliphatic rings. The summed E-state index contributed by atoms with van der Waals surface area (Å²) in [7, 11) is 0. The monoisotopic (exact) mass is 797 g/mol. The average Bonchev–Trinajstić information content (AvgIpc) is 3.36. The Kier molecular flexibility index (Phi) is 7.98. The molecule has 63 heavy (non-hydrogen) atoms. The number of hydrogen-bond donors (Lipinski definition) is 0. The first-order valence-corrected chi connectivity index (χ1v) is 21.8. The van der Waals surface area contributed by atoms with E-state index >= 15 is 0 Å². The molecule has 0 saturated heterocycles. The van der Waals surface area contributed by atoms with Crippen LogP contribution in [0.4, 0.5) is 17.1 Å². The zero-order valence-electron chi connectivity index (χ0n) is 34.5. The number of nitrogens with zero attached hydrogens (tertiary/aromatic N) is 1. The second-order valence-electron chi connectivity index (χ2n) is 16.7. The van der Waals surface area contributed by atoms with Gasteiger partial charge in [-0.1, -0.05) is 200 Å². The third-order valence-corrected chi connectivity index (χ3v) is 13.4. The molecule has 0 amide bonds. The van der Waals surface area contributed by atoms with E-state index in [1.54, 1.807) is 0 Å². The summed E-state index contributed by atoms with van der Waals surface area (Å²) in [6, 6.07) is 87.3. The molecule has 0 aliphatic heterocycles. The molecule has 13 aromatic rings. The van der Waals surface area contributed by atoms with Crippen molar-refractivity contribution in [1.82, 2.24) is 0 Å². The molecule has 0 heterocycles. The van der Waals surface area contributed by atoms with E-state index in [0.717, 1.165) is 17.1 Å². The summed E-state index contributed by atoms with van der Waals surface area (Å²) >= 11 is 0. The summed E-state index contributed by atoms with van der Waals surface area (Å²) in [5.74, 6) is 0. The predicted octanol–water partition coefficient (Wildman–Crippen LogP) is 17.7. The van der Waals surface area contributed by atoms with Crippen LogP contribution in [0.2, 0.25) is 0 Å². The van der Waals surface area contributed by atoms with Gasteiger partial charge in [-0.3, -0.25) is 0 Å². The van der Waals surface area contributed by atoms with Gasteiger partial charge in [-0.25, -0.2) is 0 Å². The van der Waals surface area contributed by atoms with E-state index in [-0.39, 0.29) is 0 Å². The Morgan fingerprint density at radius 2 is 0.603 bits per heavy atom. The van der Waals surface area contributed by atoms with E-state index in [0.29, 0.717) is 0 Å². The van der Waals surface area contributed by atoms with Crippen LogP contribution < -0.4 is 4.90 Å². The van der Waals surface area contributed by atoms with Crippen LogP contribution in [0.25, 0.3) is 109 Å². The number of hydrogen-bond acceptors (Lipinski definition) is 1. The Bertz CT molecular complexity index is 3810. The van der Waals surface area contributed by atoms with Gasteiger partial charge >= 0.3 is 0 Å². The second kappa shape index (κ2) is 14.2. The molecule has 0 N–H and O–H groups in total. The summed E-state index contributed by atoms with van der Waals surface area (Å²) in [6.45, 7) is 0. The first-order valence-electron chi connectivity index (χ1n) is 21.8. The fourth-order valence-corrected chi connectivity index (χ4v) is 10.6. The Morgan fingerprint density at radius 1 is 0.206 bits per heavy atom. The SMILES string of the molecule is c1ccc(N(c2ccccc2)c2ccc(-c3c4ccccc4c(-c4ccc(-c5ccc6ccc7cccc8ccc5c6c78)cc4)c4c5ccccc5c5ccccc5c34)cc2)cc1. The lowest BCUT2D eigenvalue weighted by atomic mass is 9.81. The number of anilines is 3. The molecular formula is C62H39N. The molecule has 13 rings (SSSR count). The zero-order chi connectivity index (χ0) is 41.4. The number of benzene rings is 13. The van der Waals surface area contributed by atoms with E-state index in [4.69, 9.17) is 0 Å². The maximum Gasteiger partial charge on any atom is 0.0462 e. The van der Waals surface area contributed by atoms with Crippen molar-refractivity contribution in [2.45, 2.75) is 0 Å². The van der Waals surface area contributed by atoms with Crippen molar-refractivity contribution in [3.63, 3.8) is 0 Å². The topological polar surface area (TPSA) is 3.24 Å². The summed E-state index contributed by atoms with van der Waals surface area (Å²) in [4.78, 5) is 2.33. The van der Waals surface area contributed by atoms with Gasteiger partial charge in [-0.05, 0) is 145 Å². The van der Waals surface area contributed by atoms with Crippen LogP contribution in [-0.4, -0.2) is 0 Å². The van der Waals surface area contributed by atoms with Crippen molar-refractivity contribution in [2.24, 2.45) is 0 Å². The summed E-state index contributed by atoms with van der Waals surface area (Å²) in [5, 5.41) is 18.0. The van der Waals surface area contributed by atoms with E-state index in [1.165, 1.54) is 109 Å². The van der Waals surface area contributed by atoms with Crippen molar-refractivity contribution in [3.8, 4) is 33.4 Å². The van der Waals surface area contributed by atoms with E-state index in [1.807, 2.05) is 0 Å². The molecule has 0 aromatic heterocycles. The number of fused-ring (bicyclic) bond motifs is 7. The minimum absolute atomic E-state index is 1.11. The molecule has 0 radical (unpaired) electrons. The normalized spacial score (nSPS) is 11.8. The van der Waals surface area contributed by atoms with Gasteiger partial charge in [0.25, 0.3) is 0 Å². The second-order valence-corrected chi connectivity index (χ2v) is 16.7. The van der Waals surface area contributed by atoms with Crippen LogP contribution in [0.3, 0.4) is 0 Å². The molecule has 0 spiro atoms. The quantitative estimate of drug-likeness (QED) is 0.120. The maximum atomic E-state index is 2.36. The maximum absolute atomic E-state index is 2.36. The Morgan fingerprint density at radius 3 is 1.14 bits per heavy atom. The van der Waals surface area contributed by atoms with Crippen LogP contribution in [0.1, 0.15) is 0 Å². The van der Waals surface area contributed by atoms with Gasteiger partial charge in [-0.2, -0.15) is 0 Å². The highest BCUT2D eigenvalue weighted by Crippen LogP contribution is 2.50. The third-order valence-electron chi connectivity index (χ3n) is 13.4. The molecule has 0 bridgehead atoms.